The molecule has 0 spiro atoms. The van der Waals surface area contributed by atoms with Gasteiger partial charge in [0.25, 0.3) is 0 Å². The molecule has 4 rings (SSSR count). The van der Waals surface area contributed by atoms with E-state index < -0.39 is 0 Å². The Morgan fingerprint density at radius 2 is 2.20 bits per heavy atom. The molecular formula is C17H19N5O3. The summed E-state index contributed by atoms with van der Waals surface area (Å²) in [7, 11) is 0. The first kappa shape index (κ1) is 15.6. The summed E-state index contributed by atoms with van der Waals surface area (Å²) in [6, 6.07) is 5.25. The highest BCUT2D eigenvalue weighted by Gasteiger charge is 2.17. The fraction of sp³-hybridized carbons (Fsp3) is 0.412. The fourth-order valence-corrected chi connectivity index (χ4v) is 3.19. The van der Waals surface area contributed by atoms with E-state index in [1.54, 1.807) is 29.7 Å². The van der Waals surface area contributed by atoms with Crippen molar-refractivity contribution in [1.29, 1.82) is 0 Å². The van der Waals surface area contributed by atoms with Gasteiger partial charge in [0.1, 0.15) is 17.9 Å². The van der Waals surface area contributed by atoms with Crippen LogP contribution in [0.15, 0.2) is 27.4 Å². The lowest BCUT2D eigenvalue weighted by molar-refractivity contribution is -0.117. The van der Waals surface area contributed by atoms with Gasteiger partial charge >= 0.3 is 5.69 Å². The van der Waals surface area contributed by atoms with Crippen LogP contribution in [0.4, 0.5) is 5.69 Å². The smallest absolute Gasteiger partial charge is 0.346 e. The zero-order valence-corrected chi connectivity index (χ0v) is 14.0. The minimum Gasteiger partial charge on any atom is -0.441 e. The molecule has 3 aromatic rings. The van der Waals surface area contributed by atoms with Crippen LogP contribution in [0.1, 0.15) is 31.0 Å². The molecule has 0 aliphatic carbocycles. The second kappa shape index (κ2) is 6.19. The summed E-state index contributed by atoms with van der Waals surface area (Å²) in [6.45, 7) is 2.35. The Morgan fingerprint density at radius 1 is 1.32 bits per heavy atom. The molecule has 0 saturated heterocycles. The van der Waals surface area contributed by atoms with E-state index in [-0.39, 0.29) is 18.1 Å². The van der Waals surface area contributed by atoms with Gasteiger partial charge in [0.05, 0.1) is 0 Å². The first-order valence-electron chi connectivity index (χ1n) is 8.44. The third kappa shape index (κ3) is 3.07. The number of carbonyl (C=O) groups excluding carboxylic acids is 1. The molecule has 2 aromatic heterocycles. The molecule has 130 valence electrons. The number of fused-ring (bicyclic) bond motifs is 2. The van der Waals surface area contributed by atoms with Gasteiger partial charge in [-0.05, 0) is 31.0 Å². The van der Waals surface area contributed by atoms with Gasteiger partial charge in [-0.2, -0.15) is 5.10 Å². The van der Waals surface area contributed by atoms with E-state index in [1.165, 1.54) is 4.68 Å². The fourth-order valence-electron chi connectivity index (χ4n) is 3.19. The lowest BCUT2D eigenvalue weighted by atomic mass is 10.2. The quantitative estimate of drug-likeness (QED) is 0.784. The summed E-state index contributed by atoms with van der Waals surface area (Å²) in [4.78, 5) is 28.9. The van der Waals surface area contributed by atoms with Crippen LogP contribution >= 0.6 is 0 Å². The summed E-state index contributed by atoms with van der Waals surface area (Å²) in [5, 5.41) is 7.11. The number of benzene rings is 1. The highest BCUT2D eigenvalue weighted by molar-refractivity contribution is 5.92. The zero-order chi connectivity index (χ0) is 17.4. The lowest BCUT2D eigenvalue weighted by Crippen LogP contribution is -2.30. The van der Waals surface area contributed by atoms with Crippen LogP contribution < -0.4 is 11.0 Å². The van der Waals surface area contributed by atoms with Crippen molar-refractivity contribution in [1.82, 2.24) is 19.3 Å². The SMILES string of the molecule is Cc1nc2cc(NC(=O)Cn3nc4n(c3=O)CCCCC4)ccc2o1. The van der Waals surface area contributed by atoms with Crippen LogP contribution in [-0.2, 0) is 24.3 Å². The van der Waals surface area contributed by atoms with Crippen LogP contribution in [0, 0.1) is 6.92 Å². The Kier molecular flexibility index (Phi) is 3.87. The van der Waals surface area contributed by atoms with E-state index in [4.69, 9.17) is 4.42 Å². The van der Waals surface area contributed by atoms with Gasteiger partial charge in [0, 0.05) is 25.6 Å². The molecule has 1 amide bonds. The summed E-state index contributed by atoms with van der Waals surface area (Å²) in [6.07, 6.45) is 3.89. The summed E-state index contributed by atoms with van der Waals surface area (Å²) < 4.78 is 8.34. The number of hydrogen-bond acceptors (Lipinski definition) is 5. The maximum atomic E-state index is 12.4. The molecule has 1 aliphatic rings. The van der Waals surface area contributed by atoms with Gasteiger partial charge in [0.15, 0.2) is 11.5 Å². The molecule has 1 N–H and O–H groups in total. The number of aryl methyl sites for hydroxylation is 2. The molecule has 0 radical (unpaired) electrons. The van der Waals surface area contributed by atoms with E-state index in [1.807, 2.05) is 0 Å². The molecule has 1 aromatic carbocycles. The van der Waals surface area contributed by atoms with E-state index in [0.717, 1.165) is 31.5 Å². The topological polar surface area (TPSA) is 95.0 Å². The van der Waals surface area contributed by atoms with Crippen molar-refractivity contribution < 1.29 is 9.21 Å². The molecule has 0 atom stereocenters. The number of hydrogen-bond donors (Lipinski definition) is 1. The maximum absolute atomic E-state index is 12.4. The summed E-state index contributed by atoms with van der Waals surface area (Å²) in [5.74, 6) is 1.05. The Labute approximate surface area is 143 Å². The van der Waals surface area contributed by atoms with Gasteiger partial charge < -0.3 is 9.73 Å². The molecule has 8 heteroatoms. The van der Waals surface area contributed by atoms with Crippen LogP contribution in [0.3, 0.4) is 0 Å². The highest BCUT2D eigenvalue weighted by Crippen LogP contribution is 2.19. The number of nitrogens with one attached hydrogen (secondary N) is 1. The maximum Gasteiger partial charge on any atom is 0.346 e. The first-order valence-corrected chi connectivity index (χ1v) is 8.44. The molecule has 0 fully saturated rings. The number of oxazole rings is 1. The van der Waals surface area contributed by atoms with Crippen LogP contribution in [0.25, 0.3) is 11.1 Å². The average molecular weight is 341 g/mol. The average Bonchev–Trinajstić information content (AvgIpc) is 2.96. The van der Waals surface area contributed by atoms with Crippen molar-refractivity contribution in [3.8, 4) is 0 Å². The number of anilines is 1. The van der Waals surface area contributed by atoms with Crippen molar-refractivity contribution in [3.63, 3.8) is 0 Å². The van der Waals surface area contributed by atoms with E-state index in [2.05, 4.69) is 15.4 Å². The third-order valence-electron chi connectivity index (χ3n) is 4.35. The number of carbonyl (C=O) groups is 1. The van der Waals surface area contributed by atoms with Crippen LogP contribution in [0.2, 0.25) is 0 Å². The Bertz CT molecular complexity index is 998. The van der Waals surface area contributed by atoms with Crippen molar-refractivity contribution in [3.05, 3.63) is 40.4 Å². The largest absolute Gasteiger partial charge is 0.441 e. The van der Waals surface area contributed by atoms with Gasteiger partial charge in [-0.25, -0.2) is 14.5 Å². The summed E-state index contributed by atoms with van der Waals surface area (Å²) >= 11 is 0. The van der Waals surface area contributed by atoms with Crippen molar-refractivity contribution >= 4 is 22.7 Å². The standard InChI is InChI=1S/C17H19N5O3/c1-11-18-13-9-12(6-7-14(13)25-11)19-16(23)10-22-17(24)21-8-4-2-3-5-15(21)20-22/h6-7,9H,2-5,8,10H2,1H3,(H,19,23). The molecule has 1 aliphatic heterocycles. The van der Waals surface area contributed by atoms with Gasteiger partial charge in [-0.1, -0.05) is 6.42 Å². The number of nitrogens with zero attached hydrogens (tertiary/aromatic N) is 4. The minimum absolute atomic E-state index is 0.102. The Hall–Kier alpha value is -2.90. The molecule has 0 unspecified atom stereocenters. The summed E-state index contributed by atoms with van der Waals surface area (Å²) in [5.41, 5.74) is 1.75. The molecule has 0 bridgehead atoms. The van der Waals surface area contributed by atoms with Crippen LogP contribution in [0.5, 0.6) is 0 Å². The van der Waals surface area contributed by atoms with Gasteiger partial charge in [-0.15, -0.1) is 0 Å². The molecule has 0 saturated carbocycles. The molecular weight excluding hydrogens is 322 g/mol. The number of rotatable bonds is 3. The van der Waals surface area contributed by atoms with E-state index in [9.17, 15) is 9.59 Å². The zero-order valence-electron chi connectivity index (χ0n) is 14.0. The lowest BCUT2D eigenvalue weighted by Gasteiger charge is -2.04. The predicted molar refractivity (Wildman–Crippen MR) is 91.4 cm³/mol. The van der Waals surface area contributed by atoms with Crippen molar-refractivity contribution in [2.45, 2.75) is 45.7 Å². The second-order valence-electron chi connectivity index (χ2n) is 6.28. The Morgan fingerprint density at radius 3 is 3.08 bits per heavy atom. The van der Waals surface area contributed by atoms with Gasteiger partial charge in [0.2, 0.25) is 5.91 Å². The minimum atomic E-state index is -0.296. The molecule has 3 heterocycles. The van der Waals surface area contributed by atoms with Gasteiger partial charge in [-0.3, -0.25) is 9.36 Å². The Balaban J connectivity index is 1.51. The third-order valence-corrected chi connectivity index (χ3v) is 4.35. The first-order chi connectivity index (χ1) is 12.1. The van der Waals surface area contributed by atoms with E-state index in [0.29, 0.717) is 29.2 Å². The second-order valence-corrected chi connectivity index (χ2v) is 6.28. The van der Waals surface area contributed by atoms with Crippen molar-refractivity contribution in [2.24, 2.45) is 0 Å². The predicted octanol–water partition coefficient (Wildman–Crippen LogP) is 1.86. The number of aromatic nitrogens is 4. The normalized spacial score (nSPS) is 14.3. The van der Waals surface area contributed by atoms with E-state index >= 15 is 0 Å². The number of amides is 1. The monoisotopic (exact) mass is 341 g/mol. The van der Waals surface area contributed by atoms with Crippen molar-refractivity contribution in [2.75, 3.05) is 5.32 Å². The molecule has 8 nitrogen and oxygen atoms in total. The van der Waals surface area contributed by atoms with Crippen LogP contribution in [-0.4, -0.2) is 25.2 Å². The molecule has 25 heavy (non-hydrogen) atoms. The highest BCUT2D eigenvalue weighted by atomic mass is 16.3.